The standard InChI is InChI=1S/C26H26ClNO3S/c1-18(26(30)31)17-32-25(7-2-3-14-29)21-6-4-5-19(15-21)8-12-23-13-10-20-9-11-22(27)16-24(20)28-23/h4-6,8-16,18,25H,2-3,7,17H2,1H3,(H,30,31)/t18-,25+/m1/s1. The summed E-state index contributed by atoms with van der Waals surface area (Å²) in [4.78, 5) is 26.6. The average Bonchev–Trinajstić information content (AvgIpc) is 2.79. The van der Waals surface area contributed by atoms with Gasteiger partial charge in [0.2, 0.25) is 0 Å². The Balaban J connectivity index is 1.77. The smallest absolute Gasteiger partial charge is 0.307 e. The van der Waals surface area contributed by atoms with Crippen molar-refractivity contribution in [3.05, 3.63) is 76.4 Å². The highest BCUT2D eigenvalue weighted by Gasteiger charge is 2.17. The van der Waals surface area contributed by atoms with Crippen LogP contribution in [0.2, 0.25) is 5.02 Å². The summed E-state index contributed by atoms with van der Waals surface area (Å²) in [6.07, 6.45) is 7.06. The van der Waals surface area contributed by atoms with Gasteiger partial charge in [-0.25, -0.2) is 4.98 Å². The predicted octanol–water partition coefficient (Wildman–Crippen LogP) is 6.92. The van der Waals surface area contributed by atoms with Crippen molar-refractivity contribution >= 4 is 58.7 Å². The molecule has 3 aromatic rings. The SMILES string of the molecule is C[C@H](CS[C@@H](CCCC=O)c1cccc(C=Cc2ccc3ccc(Cl)cc3n2)c1)C(=O)O. The van der Waals surface area contributed by atoms with Crippen LogP contribution in [-0.4, -0.2) is 28.1 Å². The van der Waals surface area contributed by atoms with Crippen LogP contribution in [0.1, 0.15) is 48.3 Å². The number of pyridine rings is 1. The first kappa shape index (κ1) is 24.0. The van der Waals surface area contributed by atoms with E-state index in [1.165, 1.54) is 0 Å². The molecular formula is C26H26ClNO3S. The normalized spacial score (nSPS) is 13.3. The fourth-order valence-electron chi connectivity index (χ4n) is 3.31. The van der Waals surface area contributed by atoms with Gasteiger partial charge in [0, 0.05) is 27.8 Å². The lowest BCUT2D eigenvalue weighted by Gasteiger charge is -2.18. The summed E-state index contributed by atoms with van der Waals surface area (Å²) in [6.45, 7) is 1.72. The molecule has 0 unspecified atom stereocenters. The van der Waals surface area contributed by atoms with Crippen molar-refractivity contribution in [3.8, 4) is 0 Å². The largest absolute Gasteiger partial charge is 0.481 e. The third-order valence-corrected chi connectivity index (χ3v) is 7.00. The molecule has 6 heteroatoms. The molecule has 0 saturated heterocycles. The van der Waals surface area contributed by atoms with Crippen LogP contribution < -0.4 is 0 Å². The summed E-state index contributed by atoms with van der Waals surface area (Å²) >= 11 is 7.73. The van der Waals surface area contributed by atoms with Crippen LogP contribution in [0.4, 0.5) is 0 Å². The van der Waals surface area contributed by atoms with Gasteiger partial charge in [0.05, 0.1) is 17.1 Å². The molecule has 1 aromatic heterocycles. The monoisotopic (exact) mass is 467 g/mol. The number of thioether (sulfide) groups is 1. The van der Waals surface area contributed by atoms with E-state index in [1.54, 1.807) is 18.7 Å². The topological polar surface area (TPSA) is 67.3 Å². The number of aldehydes is 1. The van der Waals surface area contributed by atoms with Gasteiger partial charge < -0.3 is 9.90 Å². The lowest BCUT2D eigenvalue weighted by atomic mass is 10.0. The number of unbranched alkanes of at least 4 members (excludes halogenated alkanes) is 1. The van der Waals surface area contributed by atoms with Gasteiger partial charge >= 0.3 is 5.97 Å². The maximum absolute atomic E-state index is 11.2. The van der Waals surface area contributed by atoms with Gasteiger partial charge in [0.25, 0.3) is 0 Å². The van der Waals surface area contributed by atoms with Gasteiger partial charge in [-0.05, 0) is 48.2 Å². The van der Waals surface area contributed by atoms with Crippen molar-refractivity contribution in [2.75, 3.05) is 5.75 Å². The van der Waals surface area contributed by atoms with Gasteiger partial charge in [-0.1, -0.05) is 61.0 Å². The van der Waals surface area contributed by atoms with Gasteiger partial charge in [-0.3, -0.25) is 4.79 Å². The number of hydrogen-bond acceptors (Lipinski definition) is 4. The Bertz CT molecular complexity index is 1120. The van der Waals surface area contributed by atoms with Gasteiger partial charge in [0.1, 0.15) is 6.29 Å². The van der Waals surface area contributed by atoms with E-state index in [0.29, 0.717) is 17.2 Å². The highest BCUT2D eigenvalue weighted by atomic mass is 35.5. The van der Waals surface area contributed by atoms with Crippen LogP contribution in [0.15, 0.2) is 54.6 Å². The molecule has 4 nitrogen and oxygen atoms in total. The Hall–Kier alpha value is -2.63. The quantitative estimate of drug-likeness (QED) is 0.245. The first-order valence-electron chi connectivity index (χ1n) is 10.6. The Kier molecular flexibility index (Phi) is 8.89. The van der Waals surface area contributed by atoms with Crippen LogP contribution >= 0.6 is 23.4 Å². The Morgan fingerprint density at radius 2 is 1.97 bits per heavy atom. The van der Waals surface area contributed by atoms with E-state index in [9.17, 15) is 14.7 Å². The van der Waals surface area contributed by atoms with E-state index in [0.717, 1.165) is 46.9 Å². The fourth-order valence-corrected chi connectivity index (χ4v) is 4.81. The summed E-state index contributed by atoms with van der Waals surface area (Å²) in [5, 5.41) is 11.0. The molecule has 0 bridgehead atoms. The molecule has 0 aliphatic rings. The highest BCUT2D eigenvalue weighted by molar-refractivity contribution is 7.99. The van der Waals surface area contributed by atoms with E-state index in [2.05, 4.69) is 17.1 Å². The van der Waals surface area contributed by atoms with Gasteiger partial charge in [-0.2, -0.15) is 11.8 Å². The molecule has 0 amide bonds. The number of rotatable bonds is 11. The van der Waals surface area contributed by atoms with Crippen LogP contribution in [0, 0.1) is 5.92 Å². The van der Waals surface area contributed by atoms with E-state index in [4.69, 9.17) is 11.6 Å². The summed E-state index contributed by atoms with van der Waals surface area (Å²) in [7, 11) is 0. The van der Waals surface area contributed by atoms with Crippen molar-refractivity contribution in [2.45, 2.75) is 31.4 Å². The molecule has 0 radical (unpaired) electrons. The molecule has 0 fully saturated rings. The number of fused-ring (bicyclic) bond motifs is 1. The fraction of sp³-hybridized carbons (Fsp3) is 0.269. The second-order valence-electron chi connectivity index (χ2n) is 7.74. The summed E-state index contributed by atoms with van der Waals surface area (Å²) in [5.41, 5.74) is 3.88. The highest BCUT2D eigenvalue weighted by Crippen LogP contribution is 2.35. The Labute approximate surface area is 197 Å². The number of aliphatic carboxylic acids is 1. The third-order valence-electron chi connectivity index (χ3n) is 5.16. The molecule has 3 rings (SSSR count). The lowest BCUT2D eigenvalue weighted by Crippen LogP contribution is -2.13. The predicted molar refractivity (Wildman–Crippen MR) is 134 cm³/mol. The first-order chi connectivity index (χ1) is 15.5. The number of hydrogen-bond donors (Lipinski definition) is 1. The van der Waals surface area contributed by atoms with E-state index >= 15 is 0 Å². The lowest BCUT2D eigenvalue weighted by molar-refractivity contribution is -0.140. The van der Waals surface area contributed by atoms with Crippen molar-refractivity contribution in [2.24, 2.45) is 5.92 Å². The number of carbonyl (C=O) groups is 2. The second kappa shape index (κ2) is 11.8. The average molecular weight is 468 g/mol. The number of carboxylic acid groups (broad SMARTS) is 1. The molecule has 0 spiro atoms. The maximum Gasteiger partial charge on any atom is 0.307 e. The molecule has 166 valence electrons. The molecular weight excluding hydrogens is 442 g/mol. The van der Waals surface area contributed by atoms with E-state index in [1.807, 2.05) is 54.6 Å². The summed E-state index contributed by atoms with van der Waals surface area (Å²) in [6, 6.07) is 17.9. The molecule has 0 aliphatic carbocycles. The molecule has 1 N–H and O–H groups in total. The molecule has 32 heavy (non-hydrogen) atoms. The zero-order chi connectivity index (χ0) is 22.9. The van der Waals surface area contributed by atoms with E-state index < -0.39 is 11.9 Å². The maximum atomic E-state index is 11.2. The van der Waals surface area contributed by atoms with Crippen LogP contribution in [0.25, 0.3) is 23.1 Å². The second-order valence-corrected chi connectivity index (χ2v) is 9.41. The zero-order valence-corrected chi connectivity index (χ0v) is 19.5. The van der Waals surface area contributed by atoms with Gasteiger partial charge in [0.15, 0.2) is 0 Å². The molecule has 1 heterocycles. The van der Waals surface area contributed by atoms with Crippen LogP contribution in [0.3, 0.4) is 0 Å². The third kappa shape index (κ3) is 6.94. The van der Waals surface area contributed by atoms with Crippen molar-refractivity contribution < 1.29 is 14.7 Å². The summed E-state index contributed by atoms with van der Waals surface area (Å²) in [5.74, 6) is -0.667. The summed E-state index contributed by atoms with van der Waals surface area (Å²) < 4.78 is 0. The minimum atomic E-state index is -0.787. The number of benzene rings is 2. The van der Waals surface area contributed by atoms with E-state index in [-0.39, 0.29) is 5.25 Å². The molecule has 2 atom stereocenters. The number of halogens is 1. The number of carbonyl (C=O) groups excluding carboxylic acids is 1. The van der Waals surface area contributed by atoms with Gasteiger partial charge in [-0.15, -0.1) is 0 Å². The number of aromatic nitrogens is 1. The molecule has 0 aliphatic heterocycles. The van der Waals surface area contributed by atoms with Crippen molar-refractivity contribution in [3.63, 3.8) is 0 Å². The number of nitrogens with zero attached hydrogens (tertiary/aromatic N) is 1. The minimum Gasteiger partial charge on any atom is -0.481 e. The number of carboxylic acids is 1. The zero-order valence-electron chi connectivity index (χ0n) is 17.9. The van der Waals surface area contributed by atoms with Crippen LogP contribution in [0.5, 0.6) is 0 Å². The van der Waals surface area contributed by atoms with Crippen LogP contribution in [-0.2, 0) is 9.59 Å². The molecule has 0 saturated carbocycles. The Morgan fingerprint density at radius 1 is 1.16 bits per heavy atom. The van der Waals surface area contributed by atoms with Crippen molar-refractivity contribution in [1.82, 2.24) is 4.98 Å². The first-order valence-corrected chi connectivity index (χ1v) is 12.0. The Morgan fingerprint density at radius 3 is 2.75 bits per heavy atom. The molecule has 2 aromatic carbocycles. The van der Waals surface area contributed by atoms with Crippen molar-refractivity contribution in [1.29, 1.82) is 0 Å². The minimum absolute atomic E-state index is 0.144.